The average Bonchev–Trinajstić information content (AvgIpc) is 2.56. The van der Waals surface area contributed by atoms with Crippen LogP contribution in [0.15, 0.2) is 6.07 Å². The lowest BCUT2D eigenvalue weighted by Gasteiger charge is -2.37. The highest BCUT2D eigenvalue weighted by Crippen LogP contribution is 2.26. The molecule has 0 amide bonds. The molecule has 4 nitrogen and oxygen atoms in total. The van der Waals surface area contributed by atoms with Crippen molar-refractivity contribution in [2.24, 2.45) is 5.73 Å². The van der Waals surface area contributed by atoms with E-state index in [0.29, 0.717) is 0 Å². The van der Waals surface area contributed by atoms with Gasteiger partial charge >= 0.3 is 0 Å². The summed E-state index contributed by atoms with van der Waals surface area (Å²) in [5.74, 6) is 0. The van der Waals surface area contributed by atoms with E-state index in [1.165, 1.54) is 25.0 Å². The molecule has 0 bridgehead atoms. The van der Waals surface area contributed by atoms with E-state index in [1.807, 2.05) is 0 Å². The zero-order chi connectivity index (χ0) is 12.3. The zero-order valence-corrected chi connectivity index (χ0v) is 11.0. The maximum absolute atomic E-state index is 5.71. The fourth-order valence-corrected chi connectivity index (χ4v) is 2.52. The fourth-order valence-electron chi connectivity index (χ4n) is 2.52. The Hall–Kier alpha value is -0.870. The molecule has 2 N–H and O–H groups in total. The molecule has 96 valence electrons. The molecule has 0 unspecified atom stereocenters. The summed E-state index contributed by atoms with van der Waals surface area (Å²) in [5.41, 5.74) is 8.15. The molecule has 1 aromatic rings. The van der Waals surface area contributed by atoms with Crippen molar-refractivity contribution in [1.82, 2.24) is 14.7 Å². The topological polar surface area (TPSA) is 47.1 Å². The summed E-state index contributed by atoms with van der Waals surface area (Å²) in [6, 6.07) is 2.95. The van der Waals surface area contributed by atoms with Crippen LogP contribution in [0.3, 0.4) is 0 Å². The summed E-state index contributed by atoms with van der Waals surface area (Å²) in [6.45, 7) is 7.90. The van der Waals surface area contributed by atoms with Gasteiger partial charge in [-0.05, 0) is 32.8 Å². The monoisotopic (exact) mass is 236 g/mol. The van der Waals surface area contributed by atoms with Crippen LogP contribution < -0.4 is 5.73 Å². The van der Waals surface area contributed by atoms with Crippen LogP contribution >= 0.6 is 0 Å². The van der Waals surface area contributed by atoms with E-state index >= 15 is 0 Å². The SMILES string of the molecule is CCn1nc(C)cc1CN(CCN)C1CCC1. The fraction of sp³-hybridized carbons (Fsp3) is 0.769. The highest BCUT2D eigenvalue weighted by Gasteiger charge is 2.25. The van der Waals surface area contributed by atoms with Crippen molar-refractivity contribution in [3.63, 3.8) is 0 Å². The predicted octanol–water partition coefficient (Wildman–Crippen LogP) is 1.52. The van der Waals surface area contributed by atoms with Gasteiger partial charge in [-0.25, -0.2) is 0 Å². The second-order valence-corrected chi connectivity index (χ2v) is 4.94. The molecule has 17 heavy (non-hydrogen) atoms. The van der Waals surface area contributed by atoms with Gasteiger partial charge in [0, 0.05) is 32.2 Å². The Labute approximate surface area is 104 Å². The van der Waals surface area contributed by atoms with Gasteiger partial charge < -0.3 is 5.73 Å². The number of hydrogen-bond donors (Lipinski definition) is 1. The second-order valence-electron chi connectivity index (χ2n) is 4.94. The van der Waals surface area contributed by atoms with Crippen LogP contribution in [0.2, 0.25) is 0 Å². The molecular weight excluding hydrogens is 212 g/mol. The van der Waals surface area contributed by atoms with E-state index in [-0.39, 0.29) is 0 Å². The summed E-state index contributed by atoms with van der Waals surface area (Å²) in [7, 11) is 0. The molecule has 4 heteroatoms. The van der Waals surface area contributed by atoms with Gasteiger partial charge in [0.15, 0.2) is 0 Å². The van der Waals surface area contributed by atoms with Crippen molar-refractivity contribution >= 4 is 0 Å². The third-order valence-corrected chi connectivity index (χ3v) is 3.66. The molecule has 1 aliphatic carbocycles. The van der Waals surface area contributed by atoms with Crippen molar-refractivity contribution < 1.29 is 0 Å². The molecule has 0 radical (unpaired) electrons. The van der Waals surface area contributed by atoms with Crippen LogP contribution in [0.1, 0.15) is 37.6 Å². The van der Waals surface area contributed by atoms with E-state index in [2.05, 4.69) is 34.6 Å². The first-order valence-electron chi connectivity index (χ1n) is 6.72. The highest BCUT2D eigenvalue weighted by molar-refractivity contribution is 5.09. The first-order chi connectivity index (χ1) is 8.24. The summed E-state index contributed by atoms with van der Waals surface area (Å²) in [6.07, 6.45) is 4.04. The van der Waals surface area contributed by atoms with Gasteiger partial charge in [-0.1, -0.05) is 6.42 Å². The van der Waals surface area contributed by atoms with Gasteiger partial charge in [0.1, 0.15) is 0 Å². The third-order valence-electron chi connectivity index (χ3n) is 3.66. The first kappa shape index (κ1) is 12.6. The first-order valence-corrected chi connectivity index (χ1v) is 6.72. The molecule has 1 aliphatic rings. The lowest BCUT2D eigenvalue weighted by Crippen LogP contribution is -2.42. The van der Waals surface area contributed by atoms with Crippen molar-refractivity contribution in [3.05, 3.63) is 17.5 Å². The number of rotatable bonds is 6. The van der Waals surface area contributed by atoms with Crippen LogP contribution in [0.4, 0.5) is 0 Å². The lowest BCUT2D eigenvalue weighted by atomic mass is 9.91. The Morgan fingerprint density at radius 3 is 2.82 bits per heavy atom. The molecule has 0 saturated heterocycles. The highest BCUT2D eigenvalue weighted by atomic mass is 15.3. The smallest absolute Gasteiger partial charge is 0.0597 e. The van der Waals surface area contributed by atoms with Crippen LogP contribution in [-0.4, -0.2) is 33.8 Å². The Morgan fingerprint density at radius 2 is 2.29 bits per heavy atom. The Balaban J connectivity index is 2.04. The number of aryl methyl sites for hydroxylation is 2. The quantitative estimate of drug-likeness (QED) is 0.814. The largest absolute Gasteiger partial charge is 0.329 e. The Bertz CT molecular complexity index is 354. The van der Waals surface area contributed by atoms with E-state index in [0.717, 1.165) is 37.9 Å². The molecule has 0 aromatic carbocycles. The minimum absolute atomic E-state index is 0.746. The van der Waals surface area contributed by atoms with Gasteiger partial charge in [0.25, 0.3) is 0 Å². The normalized spacial score (nSPS) is 16.5. The minimum atomic E-state index is 0.746. The number of aromatic nitrogens is 2. The van der Waals surface area contributed by atoms with E-state index in [4.69, 9.17) is 5.73 Å². The predicted molar refractivity (Wildman–Crippen MR) is 69.7 cm³/mol. The standard InChI is InChI=1S/C13H24N4/c1-3-17-13(9-11(2)15-17)10-16(8-7-14)12-5-4-6-12/h9,12H,3-8,10,14H2,1-2H3. The molecular formula is C13H24N4. The molecule has 0 atom stereocenters. The maximum Gasteiger partial charge on any atom is 0.0597 e. The summed E-state index contributed by atoms with van der Waals surface area (Å²) in [5, 5.41) is 4.50. The van der Waals surface area contributed by atoms with Gasteiger partial charge in [-0.15, -0.1) is 0 Å². The third kappa shape index (κ3) is 2.87. The molecule has 1 heterocycles. The van der Waals surface area contributed by atoms with E-state index in [9.17, 15) is 0 Å². The average molecular weight is 236 g/mol. The zero-order valence-electron chi connectivity index (χ0n) is 11.0. The summed E-state index contributed by atoms with van der Waals surface area (Å²) in [4.78, 5) is 2.52. The lowest BCUT2D eigenvalue weighted by molar-refractivity contribution is 0.120. The second kappa shape index (κ2) is 5.65. The maximum atomic E-state index is 5.71. The van der Waals surface area contributed by atoms with E-state index < -0.39 is 0 Å². The Morgan fingerprint density at radius 1 is 1.53 bits per heavy atom. The van der Waals surface area contributed by atoms with Gasteiger partial charge in [0.2, 0.25) is 0 Å². The van der Waals surface area contributed by atoms with Crippen molar-refractivity contribution in [3.8, 4) is 0 Å². The molecule has 1 fully saturated rings. The minimum Gasteiger partial charge on any atom is -0.329 e. The van der Waals surface area contributed by atoms with Gasteiger partial charge in [0.05, 0.1) is 11.4 Å². The van der Waals surface area contributed by atoms with Gasteiger partial charge in [-0.2, -0.15) is 5.10 Å². The molecule has 0 aliphatic heterocycles. The number of hydrogen-bond acceptors (Lipinski definition) is 3. The molecule has 1 saturated carbocycles. The molecule has 2 rings (SSSR count). The van der Waals surface area contributed by atoms with E-state index in [1.54, 1.807) is 0 Å². The van der Waals surface area contributed by atoms with Crippen molar-refractivity contribution in [1.29, 1.82) is 0 Å². The van der Waals surface area contributed by atoms with Crippen molar-refractivity contribution in [2.45, 2.75) is 52.2 Å². The summed E-state index contributed by atoms with van der Waals surface area (Å²) < 4.78 is 2.11. The number of nitrogens with zero attached hydrogens (tertiary/aromatic N) is 3. The molecule has 0 spiro atoms. The Kier molecular flexibility index (Phi) is 4.18. The van der Waals surface area contributed by atoms with Crippen molar-refractivity contribution in [2.75, 3.05) is 13.1 Å². The van der Waals surface area contributed by atoms with Crippen LogP contribution in [0.5, 0.6) is 0 Å². The summed E-state index contributed by atoms with van der Waals surface area (Å²) >= 11 is 0. The van der Waals surface area contributed by atoms with Gasteiger partial charge in [-0.3, -0.25) is 9.58 Å². The van der Waals surface area contributed by atoms with Crippen LogP contribution in [-0.2, 0) is 13.1 Å². The molecule has 1 aromatic heterocycles. The van der Waals surface area contributed by atoms with Crippen LogP contribution in [0.25, 0.3) is 0 Å². The van der Waals surface area contributed by atoms with Crippen LogP contribution in [0, 0.1) is 6.92 Å². The number of nitrogens with two attached hydrogens (primary N) is 1.